The van der Waals surface area contributed by atoms with Gasteiger partial charge in [0.15, 0.2) is 0 Å². The number of benzene rings is 1. The number of anilines is 1. The molecule has 0 unspecified atom stereocenters. The summed E-state index contributed by atoms with van der Waals surface area (Å²) >= 11 is 5.98. The number of rotatable bonds is 4. The standard InChI is InChI=1S/C14H16ClNO2/c1-9(2)5-4-8-16-11-7-3-6-10(15)12(11)13(17)14(16)18/h3,6-7,9H,4-5,8H2,1-2H3. The first-order valence-corrected chi connectivity index (χ1v) is 6.55. The normalized spacial score (nSPS) is 14.6. The van der Waals surface area contributed by atoms with Crippen LogP contribution in [0.25, 0.3) is 0 Å². The first-order valence-electron chi connectivity index (χ1n) is 6.17. The number of Topliss-reactive ketones (excluding diaryl/α,β-unsaturated/α-hetero) is 1. The molecule has 0 fully saturated rings. The van der Waals surface area contributed by atoms with Gasteiger partial charge in [0.05, 0.1) is 16.3 Å². The highest BCUT2D eigenvalue weighted by molar-refractivity contribution is 6.55. The Kier molecular flexibility index (Phi) is 3.71. The second kappa shape index (κ2) is 5.11. The van der Waals surface area contributed by atoms with Crippen molar-refractivity contribution in [1.29, 1.82) is 0 Å². The van der Waals surface area contributed by atoms with Gasteiger partial charge in [-0.1, -0.05) is 31.5 Å². The number of halogens is 1. The van der Waals surface area contributed by atoms with E-state index < -0.39 is 11.7 Å². The Hall–Kier alpha value is -1.35. The van der Waals surface area contributed by atoms with Crippen LogP contribution in [-0.2, 0) is 4.79 Å². The molecule has 0 radical (unpaired) electrons. The van der Waals surface area contributed by atoms with Crippen molar-refractivity contribution in [3.8, 4) is 0 Å². The van der Waals surface area contributed by atoms with Crippen LogP contribution in [-0.4, -0.2) is 18.2 Å². The fraction of sp³-hybridized carbons (Fsp3) is 0.429. The van der Waals surface area contributed by atoms with Crippen molar-refractivity contribution < 1.29 is 9.59 Å². The lowest BCUT2D eigenvalue weighted by Crippen LogP contribution is -2.30. The summed E-state index contributed by atoms with van der Waals surface area (Å²) in [5, 5.41) is 0.359. The molecule has 3 nitrogen and oxygen atoms in total. The first-order chi connectivity index (χ1) is 8.52. The van der Waals surface area contributed by atoms with Crippen LogP contribution in [0.1, 0.15) is 37.0 Å². The predicted octanol–water partition coefficient (Wildman–Crippen LogP) is 3.31. The maximum atomic E-state index is 11.9. The molecule has 1 aromatic carbocycles. The van der Waals surface area contributed by atoms with Crippen molar-refractivity contribution in [3.63, 3.8) is 0 Å². The maximum absolute atomic E-state index is 11.9. The van der Waals surface area contributed by atoms with Crippen molar-refractivity contribution in [1.82, 2.24) is 0 Å². The third-order valence-corrected chi connectivity index (χ3v) is 3.43. The van der Waals surface area contributed by atoms with Gasteiger partial charge in [0.2, 0.25) is 0 Å². The maximum Gasteiger partial charge on any atom is 0.299 e. The second-order valence-electron chi connectivity index (χ2n) is 4.96. The summed E-state index contributed by atoms with van der Waals surface area (Å²) < 4.78 is 0. The highest BCUT2D eigenvalue weighted by atomic mass is 35.5. The van der Waals surface area contributed by atoms with Gasteiger partial charge < -0.3 is 4.90 Å². The summed E-state index contributed by atoms with van der Waals surface area (Å²) in [5.41, 5.74) is 1.01. The molecule has 0 N–H and O–H groups in total. The lowest BCUT2D eigenvalue weighted by atomic mass is 10.1. The molecule has 1 amide bonds. The van der Waals surface area contributed by atoms with E-state index in [4.69, 9.17) is 11.6 Å². The number of hydrogen-bond acceptors (Lipinski definition) is 2. The SMILES string of the molecule is CC(C)CCCN1C(=O)C(=O)c2c(Cl)cccc21. The van der Waals surface area contributed by atoms with E-state index in [9.17, 15) is 9.59 Å². The number of fused-ring (bicyclic) bond motifs is 1. The summed E-state index contributed by atoms with van der Waals surface area (Å²) in [4.78, 5) is 25.3. The molecule has 1 aliphatic rings. The Morgan fingerprint density at radius 3 is 2.67 bits per heavy atom. The predicted molar refractivity (Wildman–Crippen MR) is 72.2 cm³/mol. The molecule has 4 heteroatoms. The van der Waals surface area contributed by atoms with Crippen molar-refractivity contribution in [3.05, 3.63) is 28.8 Å². The number of hydrogen-bond donors (Lipinski definition) is 0. The van der Waals surface area contributed by atoms with Gasteiger partial charge in [-0.05, 0) is 30.9 Å². The van der Waals surface area contributed by atoms with Gasteiger partial charge in [0.1, 0.15) is 0 Å². The first kappa shape index (κ1) is 13.1. The van der Waals surface area contributed by atoms with Crippen LogP contribution in [0.15, 0.2) is 18.2 Å². The monoisotopic (exact) mass is 265 g/mol. The second-order valence-corrected chi connectivity index (χ2v) is 5.36. The van der Waals surface area contributed by atoms with Crippen molar-refractivity contribution in [2.24, 2.45) is 5.92 Å². The zero-order chi connectivity index (χ0) is 13.3. The molecule has 0 bridgehead atoms. The highest BCUT2D eigenvalue weighted by Gasteiger charge is 2.36. The van der Waals surface area contributed by atoms with Crippen molar-refractivity contribution in [2.45, 2.75) is 26.7 Å². The Morgan fingerprint density at radius 2 is 2.00 bits per heavy atom. The van der Waals surface area contributed by atoms with Crippen LogP contribution in [0.3, 0.4) is 0 Å². The van der Waals surface area contributed by atoms with E-state index in [0.717, 1.165) is 12.8 Å². The Bertz CT molecular complexity index is 497. The smallest absolute Gasteiger partial charge is 0.299 e. The molecule has 96 valence electrons. The molecular weight excluding hydrogens is 250 g/mol. The van der Waals surface area contributed by atoms with Gasteiger partial charge in [-0.3, -0.25) is 9.59 Å². The summed E-state index contributed by atoms with van der Waals surface area (Å²) in [5.74, 6) is -0.348. The van der Waals surface area contributed by atoms with Gasteiger partial charge in [0.25, 0.3) is 11.7 Å². The van der Waals surface area contributed by atoms with Crippen molar-refractivity contribution >= 4 is 29.0 Å². The summed E-state index contributed by atoms with van der Waals surface area (Å²) in [6.45, 7) is 4.86. The Morgan fingerprint density at radius 1 is 1.28 bits per heavy atom. The lowest BCUT2D eigenvalue weighted by molar-refractivity contribution is -0.114. The van der Waals surface area contributed by atoms with Crippen LogP contribution in [0.4, 0.5) is 5.69 Å². The fourth-order valence-corrected chi connectivity index (χ4v) is 2.44. The Labute approximate surface area is 112 Å². The molecular formula is C14H16ClNO2. The molecule has 0 spiro atoms. The quantitative estimate of drug-likeness (QED) is 0.784. The van der Waals surface area contributed by atoms with E-state index in [1.807, 2.05) is 0 Å². The minimum Gasteiger partial charge on any atom is -0.305 e. The number of nitrogens with zero attached hydrogens (tertiary/aromatic N) is 1. The summed E-state index contributed by atoms with van der Waals surface area (Å²) in [6.07, 6.45) is 1.93. The van der Waals surface area contributed by atoms with E-state index in [-0.39, 0.29) is 0 Å². The number of amides is 1. The minimum atomic E-state index is -0.486. The number of ketones is 1. The molecule has 2 rings (SSSR count). The molecule has 0 aromatic heterocycles. The van der Waals surface area contributed by atoms with Crippen molar-refractivity contribution in [2.75, 3.05) is 11.4 Å². The van der Waals surface area contributed by atoms with Gasteiger partial charge >= 0.3 is 0 Å². The van der Waals surface area contributed by atoms with E-state index in [2.05, 4.69) is 13.8 Å². The number of carbonyl (C=O) groups excluding carboxylic acids is 2. The minimum absolute atomic E-state index is 0.355. The average Bonchev–Trinajstić information content (AvgIpc) is 2.55. The average molecular weight is 266 g/mol. The van der Waals surface area contributed by atoms with Crippen LogP contribution >= 0.6 is 11.6 Å². The number of carbonyl (C=O) groups is 2. The molecule has 0 saturated heterocycles. The fourth-order valence-electron chi connectivity index (χ4n) is 2.18. The molecule has 18 heavy (non-hydrogen) atoms. The zero-order valence-corrected chi connectivity index (χ0v) is 11.3. The zero-order valence-electron chi connectivity index (χ0n) is 10.6. The van der Waals surface area contributed by atoms with Crippen LogP contribution in [0.5, 0.6) is 0 Å². The Balaban J connectivity index is 2.21. The molecule has 1 heterocycles. The molecule has 1 aliphatic heterocycles. The third kappa shape index (κ3) is 2.27. The largest absolute Gasteiger partial charge is 0.305 e. The van der Waals surface area contributed by atoms with E-state index in [0.29, 0.717) is 28.7 Å². The van der Waals surface area contributed by atoms with Gasteiger partial charge in [-0.25, -0.2) is 0 Å². The molecule has 0 aliphatic carbocycles. The highest BCUT2D eigenvalue weighted by Crippen LogP contribution is 2.34. The topological polar surface area (TPSA) is 37.4 Å². The molecule has 0 atom stereocenters. The van der Waals surface area contributed by atoms with E-state index in [1.54, 1.807) is 23.1 Å². The molecule has 1 aromatic rings. The summed E-state index contributed by atoms with van der Waals surface area (Å²) in [7, 11) is 0. The van der Waals surface area contributed by atoms with Gasteiger partial charge in [0, 0.05) is 6.54 Å². The van der Waals surface area contributed by atoms with E-state index >= 15 is 0 Å². The van der Waals surface area contributed by atoms with Crippen LogP contribution in [0, 0.1) is 5.92 Å². The lowest BCUT2D eigenvalue weighted by Gasteiger charge is -2.17. The summed E-state index contributed by atoms with van der Waals surface area (Å²) in [6, 6.07) is 5.19. The molecule has 0 saturated carbocycles. The van der Waals surface area contributed by atoms with E-state index in [1.165, 1.54) is 0 Å². The van der Waals surface area contributed by atoms with Gasteiger partial charge in [-0.2, -0.15) is 0 Å². The van der Waals surface area contributed by atoms with Gasteiger partial charge in [-0.15, -0.1) is 0 Å². The third-order valence-electron chi connectivity index (χ3n) is 3.11. The van der Waals surface area contributed by atoms with Crippen LogP contribution < -0.4 is 4.90 Å². The van der Waals surface area contributed by atoms with Crippen LogP contribution in [0.2, 0.25) is 5.02 Å².